The predicted molar refractivity (Wildman–Crippen MR) is 125 cm³/mol. The van der Waals surface area contributed by atoms with Crippen LogP contribution < -0.4 is 15.4 Å². The van der Waals surface area contributed by atoms with E-state index in [0.29, 0.717) is 19.3 Å². The molecule has 29 heavy (non-hydrogen) atoms. The zero-order valence-corrected chi connectivity index (χ0v) is 20.4. The Morgan fingerprint density at radius 1 is 0.828 bits per heavy atom. The summed E-state index contributed by atoms with van der Waals surface area (Å²) < 4.78 is 17.9. The summed E-state index contributed by atoms with van der Waals surface area (Å²) >= 11 is 0. The molecule has 170 valence electrons. The molecular formula is C24H46N2O3. The third-order valence-electron chi connectivity index (χ3n) is 4.46. The molecule has 0 saturated carbocycles. The maximum atomic E-state index is 6.10. The molecule has 5 nitrogen and oxygen atoms in total. The van der Waals surface area contributed by atoms with Gasteiger partial charge in [0.2, 0.25) is 0 Å². The second-order valence-corrected chi connectivity index (χ2v) is 8.45. The van der Waals surface area contributed by atoms with Gasteiger partial charge in [0.15, 0.2) is 0 Å². The van der Waals surface area contributed by atoms with Gasteiger partial charge in [0, 0.05) is 31.7 Å². The van der Waals surface area contributed by atoms with E-state index >= 15 is 0 Å². The second-order valence-electron chi connectivity index (χ2n) is 8.45. The normalized spacial score (nSPS) is 11.8. The topological polar surface area (TPSA) is 51.8 Å². The number of ether oxygens (including phenoxy) is 3. The summed E-state index contributed by atoms with van der Waals surface area (Å²) in [4.78, 5) is 0. The summed E-state index contributed by atoms with van der Waals surface area (Å²) in [5, 5.41) is 6.47. The number of nitrogens with one attached hydrogen (secondary N) is 2. The molecule has 0 bridgehead atoms. The number of hydrogen-bond acceptors (Lipinski definition) is 5. The van der Waals surface area contributed by atoms with Crippen LogP contribution in [0, 0.1) is 0 Å². The van der Waals surface area contributed by atoms with Gasteiger partial charge in [-0.2, -0.15) is 0 Å². The van der Waals surface area contributed by atoms with Gasteiger partial charge in [-0.25, -0.2) is 0 Å². The van der Waals surface area contributed by atoms with E-state index in [1.807, 2.05) is 45.2 Å². The van der Waals surface area contributed by atoms with Crippen LogP contribution in [0.25, 0.3) is 0 Å². The molecule has 0 saturated heterocycles. The van der Waals surface area contributed by atoms with Crippen molar-refractivity contribution >= 4 is 5.69 Å². The fourth-order valence-corrected chi connectivity index (χ4v) is 2.52. The minimum absolute atomic E-state index is 0.180. The summed E-state index contributed by atoms with van der Waals surface area (Å²) in [5.41, 5.74) is 0.677. The Morgan fingerprint density at radius 2 is 1.34 bits per heavy atom. The standard InChI is InChI=1S/C22H40N2O3.C2H6/c1-18(2)24-14-17-27-22(5,6)13-16-26-21(3,4)12-15-25-20-10-8-19(23-7)9-11-20;1-2/h8-11,18,23-24H,12-17H2,1-7H3;1-2H3. The number of benzene rings is 1. The van der Waals surface area contributed by atoms with Gasteiger partial charge in [-0.3, -0.25) is 0 Å². The van der Waals surface area contributed by atoms with Crippen LogP contribution >= 0.6 is 0 Å². The molecule has 1 aromatic carbocycles. The molecule has 5 heteroatoms. The van der Waals surface area contributed by atoms with E-state index < -0.39 is 0 Å². The smallest absolute Gasteiger partial charge is 0.119 e. The molecule has 0 aliphatic heterocycles. The van der Waals surface area contributed by atoms with Gasteiger partial charge in [0.05, 0.1) is 31.0 Å². The Hall–Kier alpha value is -1.30. The Kier molecular flexibility index (Phi) is 14.0. The van der Waals surface area contributed by atoms with Gasteiger partial charge in [-0.15, -0.1) is 0 Å². The molecule has 1 rings (SSSR count). The molecule has 2 N–H and O–H groups in total. The van der Waals surface area contributed by atoms with Crippen molar-refractivity contribution in [3.63, 3.8) is 0 Å². The highest BCUT2D eigenvalue weighted by Crippen LogP contribution is 2.21. The highest BCUT2D eigenvalue weighted by atomic mass is 16.5. The molecule has 0 heterocycles. The highest BCUT2D eigenvalue weighted by Gasteiger charge is 2.22. The SMILES string of the molecule is CC.CNc1ccc(OCCC(C)(C)OCCC(C)(C)OCCNC(C)C)cc1. The Bertz CT molecular complexity index is 513. The summed E-state index contributed by atoms with van der Waals surface area (Å²) in [7, 11) is 1.91. The molecule has 0 spiro atoms. The zero-order valence-electron chi connectivity index (χ0n) is 20.4. The van der Waals surface area contributed by atoms with Crippen LogP contribution in [0.4, 0.5) is 5.69 Å². The zero-order chi connectivity index (χ0) is 22.3. The van der Waals surface area contributed by atoms with Crippen LogP contribution in [-0.2, 0) is 9.47 Å². The van der Waals surface area contributed by atoms with Gasteiger partial charge in [-0.05, 0) is 58.4 Å². The van der Waals surface area contributed by atoms with Crippen molar-refractivity contribution in [1.29, 1.82) is 0 Å². The molecule has 0 fully saturated rings. The molecule has 0 aliphatic carbocycles. The van der Waals surface area contributed by atoms with E-state index in [1.165, 1.54) is 0 Å². The van der Waals surface area contributed by atoms with E-state index in [9.17, 15) is 0 Å². The Morgan fingerprint density at radius 3 is 1.86 bits per heavy atom. The number of rotatable bonds is 14. The van der Waals surface area contributed by atoms with Crippen LogP contribution in [0.15, 0.2) is 24.3 Å². The fourth-order valence-electron chi connectivity index (χ4n) is 2.52. The van der Waals surface area contributed by atoms with Crippen LogP contribution in [-0.4, -0.2) is 50.7 Å². The van der Waals surface area contributed by atoms with Gasteiger partial charge >= 0.3 is 0 Å². The van der Waals surface area contributed by atoms with Crippen molar-refractivity contribution in [1.82, 2.24) is 5.32 Å². The molecule has 1 aromatic rings. The minimum Gasteiger partial charge on any atom is -0.493 e. The third kappa shape index (κ3) is 14.3. The second kappa shape index (κ2) is 14.6. The number of anilines is 1. The van der Waals surface area contributed by atoms with E-state index in [2.05, 4.69) is 52.2 Å². The molecule has 0 unspecified atom stereocenters. The fraction of sp³-hybridized carbons (Fsp3) is 0.750. The largest absolute Gasteiger partial charge is 0.493 e. The lowest BCUT2D eigenvalue weighted by Gasteiger charge is -2.30. The average molecular weight is 411 g/mol. The number of hydrogen-bond donors (Lipinski definition) is 2. The van der Waals surface area contributed by atoms with E-state index in [-0.39, 0.29) is 11.2 Å². The lowest BCUT2D eigenvalue weighted by molar-refractivity contribution is -0.0762. The first kappa shape index (κ1) is 27.7. The molecule has 0 aliphatic rings. The summed E-state index contributed by atoms with van der Waals surface area (Å²) in [6, 6.07) is 8.47. The van der Waals surface area contributed by atoms with Gasteiger partial charge in [-0.1, -0.05) is 27.7 Å². The monoisotopic (exact) mass is 410 g/mol. The van der Waals surface area contributed by atoms with E-state index in [0.717, 1.165) is 37.4 Å². The van der Waals surface area contributed by atoms with Crippen molar-refractivity contribution in [2.24, 2.45) is 0 Å². The van der Waals surface area contributed by atoms with Crippen LogP contribution in [0.2, 0.25) is 0 Å². The minimum atomic E-state index is -0.222. The van der Waals surface area contributed by atoms with E-state index in [1.54, 1.807) is 0 Å². The summed E-state index contributed by atoms with van der Waals surface area (Å²) in [6.07, 6.45) is 1.70. The van der Waals surface area contributed by atoms with Crippen molar-refractivity contribution in [3.8, 4) is 5.75 Å². The maximum Gasteiger partial charge on any atom is 0.119 e. The van der Waals surface area contributed by atoms with Gasteiger partial charge < -0.3 is 24.8 Å². The summed E-state index contributed by atoms with van der Waals surface area (Å²) in [6.45, 7) is 19.6. The lowest BCUT2D eigenvalue weighted by Crippen LogP contribution is -2.34. The van der Waals surface area contributed by atoms with Crippen LogP contribution in [0.3, 0.4) is 0 Å². The first-order valence-corrected chi connectivity index (χ1v) is 11.1. The van der Waals surface area contributed by atoms with Crippen molar-refractivity contribution < 1.29 is 14.2 Å². The quantitative estimate of drug-likeness (QED) is 0.397. The Labute approximate surface area is 179 Å². The third-order valence-corrected chi connectivity index (χ3v) is 4.46. The van der Waals surface area contributed by atoms with Crippen LogP contribution in [0.5, 0.6) is 5.75 Å². The van der Waals surface area contributed by atoms with Crippen molar-refractivity contribution in [2.45, 2.75) is 85.5 Å². The highest BCUT2D eigenvalue weighted by molar-refractivity contribution is 5.45. The predicted octanol–water partition coefficient (Wildman–Crippen LogP) is 5.50. The van der Waals surface area contributed by atoms with Crippen molar-refractivity contribution in [3.05, 3.63) is 24.3 Å². The van der Waals surface area contributed by atoms with Gasteiger partial charge in [0.25, 0.3) is 0 Å². The Balaban J connectivity index is 0.00000379. The van der Waals surface area contributed by atoms with E-state index in [4.69, 9.17) is 14.2 Å². The first-order valence-electron chi connectivity index (χ1n) is 11.1. The average Bonchev–Trinajstić information content (AvgIpc) is 2.67. The summed E-state index contributed by atoms with van der Waals surface area (Å²) in [5.74, 6) is 0.884. The first-order chi connectivity index (χ1) is 13.6. The van der Waals surface area contributed by atoms with Gasteiger partial charge in [0.1, 0.15) is 5.75 Å². The van der Waals surface area contributed by atoms with Crippen molar-refractivity contribution in [2.75, 3.05) is 38.7 Å². The lowest BCUT2D eigenvalue weighted by atomic mass is 10.0. The molecule has 0 aromatic heterocycles. The molecular weight excluding hydrogens is 364 g/mol. The molecule has 0 amide bonds. The maximum absolute atomic E-state index is 6.10. The molecule has 0 radical (unpaired) electrons. The molecule has 0 atom stereocenters. The van der Waals surface area contributed by atoms with Crippen LogP contribution in [0.1, 0.15) is 68.2 Å².